The molecule has 0 rings (SSSR count). The zero-order chi connectivity index (χ0) is 11.4. The van der Waals surface area contributed by atoms with Crippen molar-refractivity contribution < 1.29 is 21.6 Å². The number of hydrogen-bond acceptors (Lipinski definition) is 2. The minimum Gasteiger partial charge on any atom is -0.340 e. The summed E-state index contributed by atoms with van der Waals surface area (Å²) in [5, 5.41) is 4.39. The van der Waals surface area contributed by atoms with Gasteiger partial charge in [-0.1, -0.05) is 8.93 Å². The summed E-state index contributed by atoms with van der Waals surface area (Å²) in [6.45, 7) is 0. The molecule has 0 bridgehead atoms. The van der Waals surface area contributed by atoms with Crippen LogP contribution in [0.1, 0.15) is 0 Å². The first-order valence-corrected chi connectivity index (χ1v) is 7.66. The molecule has 0 radical (unpaired) electrons. The molecule has 14 heavy (non-hydrogen) atoms. The summed E-state index contributed by atoms with van der Waals surface area (Å²) in [5.74, 6) is -0.486. The standard InChI is InChI=1S/C2H7F3N3O2P3S/c3-2(4,5)14(9,10)8-1(6-11)7-13-12/h13H,11-12H2,(H2,6,7,8). The molecular formula is C2H7F3N3O2P3S. The van der Waals surface area contributed by atoms with E-state index in [1.165, 1.54) is 0 Å². The Bertz CT molecular complexity index is 314. The maximum Gasteiger partial charge on any atom is 0.518 e. The van der Waals surface area contributed by atoms with Gasteiger partial charge in [0.2, 0.25) is 5.96 Å². The van der Waals surface area contributed by atoms with Crippen LogP contribution in [0.2, 0.25) is 0 Å². The van der Waals surface area contributed by atoms with E-state index in [0.717, 1.165) is 0 Å². The van der Waals surface area contributed by atoms with Gasteiger partial charge < -0.3 is 10.2 Å². The molecule has 0 saturated carbocycles. The van der Waals surface area contributed by atoms with Crippen LogP contribution in [0.25, 0.3) is 0 Å². The van der Waals surface area contributed by atoms with Crippen molar-refractivity contribution >= 4 is 42.7 Å². The molecule has 5 nitrogen and oxygen atoms in total. The zero-order valence-corrected chi connectivity index (χ0v) is 10.6. The minimum absolute atomic E-state index is 0.0575. The third kappa shape index (κ3) is 4.22. The molecule has 2 N–H and O–H groups in total. The number of halogens is 3. The highest BCUT2D eigenvalue weighted by Crippen LogP contribution is 2.25. The third-order valence-electron chi connectivity index (χ3n) is 0.831. The van der Waals surface area contributed by atoms with Crippen LogP contribution in [0, 0.1) is 0 Å². The van der Waals surface area contributed by atoms with Crippen LogP contribution in [0.15, 0.2) is 4.40 Å². The molecule has 0 aromatic heterocycles. The van der Waals surface area contributed by atoms with Gasteiger partial charge in [-0.3, -0.25) is 0 Å². The molecule has 0 aliphatic rings. The van der Waals surface area contributed by atoms with Crippen molar-refractivity contribution in [2.75, 3.05) is 0 Å². The Morgan fingerprint density at radius 2 is 1.93 bits per heavy atom. The van der Waals surface area contributed by atoms with Gasteiger partial charge in [0.25, 0.3) is 0 Å². The van der Waals surface area contributed by atoms with Crippen molar-refractivity contribution in [2.45, 2.75) is 5.51 Å². The molecule has 0 spiro atoms. The number of hydrogen-bond donors (Lipinski definition) is 2. The van der Waals surface area contributed by atoms with Gasteiger partial charge in [-0.15, -0.1) is 4.40 Å². The molecule has 3 unspecified atom stereocenters. The van der Waals surface area contributed by atoms with Crippen molar-refractivity contribution in [3.05, 3.63) is 0 Å². The Morgan fingerprint density at radius 1 is 1.43 bits per heavy atom. The Hall–Kier alpha value is 0.300. The predicted octanol–water partition coefficient (Wildman–Crippen LogP) is 0.545. The molecule has 12 heteroatoms. The van der Waals surface area contributed by atoms with Crippen molar-refractivity contribution in [1.82, 2.24) is 10.2 Å². The second-order valence-corrected chi connectivity index (χ2v) is 5.06. The van der Waals surface area contributed by atoms with Gasteiger partial charge in [0.15, 0.2) is 0 Å². The lowest BCUT2D eigenvalue weighted by atomic mass is 11.1. The maximum absolute atomic E-state index is 11.8. The van der Waals surface area contributed by atoms with Crippen molar-refractivity contribution in [1.29, 1.82) is 0 Å². The number of rotatable bonds is 2. The second kappa shape index (κ2) is 5.40. The highest BCUT2D eigenvalue weighted by Gasteiger charge is 2.46. The Morgan fingerprint density at radius 3 is 2.21 bits per heavy atom. The zero-order valence-electron chi connectivity index (χ0n) is 6.46. The van der Waals surface area contributed by atoms with E-state index in [4.69, 9.17) is 0 Å². The van der Waals surface area contributed by atoms with Crippen LogP contribution in [-0.2, 0) is 10.0 Å². The Labute approximate surface area is 84.9 Å². The van der Waals surface area contributed by atoms with Gasteiger partial charge in [-0.05, 0) is 17.8 Å². The van der Waals surface area contributed by atoms with Gasteiger partial charge in [-0.25, -0.2) is 0 Å². The summed E-state index contributed by atoms with van der Waals surface area (Å²) in [6, 6.07) is 0. The van der Waals surface area contributed by atoms with Crippen molar-refractivity contribution in [3.63, 3.8) is 0 Å². The lowest BCUT2D eigenvalue weighted by Crippen LogP contribution is -2.30. The average molecular weight is 287 g/mol. The van der Waals surface area contributed by atoms with Crippen LogP contribution in [-0.4, -0.2) is 19.9 Å². The molecule has 0 fully saturated rings. The molecule has 0 aliphatic carbocycles. The number of nitrogens with zero attached hydrogens (tertiary/aromatic N) is 1. The summed E-state index contributed by atoms with van der Waals surface area (Å²) in [4.78, 5) is 0. The fraction of sp³-hybridized carbons (Fsp3) is 0.500. The van der Waals surface area contributed by atoms with Crippen LogP contribution in [0.5, 0.6) is 0 Å². The minimum atomic E-state index is -5.49. The molecule has 0 heterocycles. The molecule has 0 aliphatic heterocycles. The molecule has 0 saturated heterocycles. The van der Waals surface area contributed by atoms with Crippen molar-refractivity contribution in [2.24, 2.45) is 4.40 Å². The molecular weight excluding hydrogens is 280 g/mol. The Balaban J connectivity index is 4.95. The quantitative estimate of drug-likeness (QED) is 0.442. The van der Waals surface area contributed by atoms with Gasteiger partial charge >= 0.3 is 15.5 Å². The van der Waals surface area contributed by atoms with Gasteiger partial charge in [0.05, 0.1) is 0 Å². The highest BCUT2D eigenvalue weighted by molar-refractivity contribution is 8.02. The number of sulfonamides is 1. The average Bonchev–Trinajstić information content (AvgIpc) is 2.01. The number of nitrogens with one attached hydrogen (secondary N) is 2. The second-order valence-electron chi connectivity index (χ2n) is 1.77. The monoisotopic (exact) mass is 287 g/mol. The largest absolute Gasteiger partial charge is 0.518 e. The van der Waals surface area contributed by atoms with Crippen LogP contribution < -0.4 is 10.2 Å². The predicted molar refractivity (Wildman–Crippen MR) is 56.4 cm³/mol. The van der Waals surface area contributed by atoms with E-state index in [1.54, 1.807) is 0 Å². The fourth-order valence-electron chi connectivity index (χ4n) is 0.326. The van der Waals surface area contributed by atoms with Crippen LogP contribution in [0.3, 0.4) is 0 Å². The molecule has 0 amide bonds. The topological polar surface area (TPSA) is 70.6 Å². The molecule has 3 atom stereocenters. The van der Waals surface area contributed by atoms with E-state index in [1.807, 2.05) is 9.39 Å². The summed E-state index contributed by atoms with van der Waals surface area (Å²) in [5.41, 5.74) is -5.38. The molecule has 84 valence electrons. The molecule has 0 aromatic carbocycles. The van der Waals surface area contributed by atoms with E-state index in [0.29, 0.717) is 0 Å². The van der Waals surface area contributed by atoms with Gasteiger partial charge in [0.1, 0.15) is 0 Å². The smallest absolute Gasteiger partial charge is 0.340 e. The van der Waals surface area contributed by atoms with E-state index < -0.39 is 21.5 Å². The van der Waals surface area contributed by atoms with Crippen LogP contribution in [0.4, 0.5) is 13.2 Å². The normalized spacial score (nSPS) is 14.8. The van der Waals surface area contributed by atoms with Gasteiger partial charge in [-0.2, -0.15) is 21.6 Å². The third-order valence-corrected chi connectivity index (χ3v) is 2.93. The Kier molecular flexibility index (Phi) is 5.52. The van der Waals surface area contributed by atoms with Gasteiger partial charge in [0, 0.05) is 0 Å². The number of alkyl halides is 3. The lowest BCUT2D eigenvalue weighted by molar-refractivity contribution is -0.0435. The summed E-state index contributed by atoms with van der Waals surface area (Å²) in [7, 11) is -1.55. The number of guanidine groups is 1. The van der Waals surface area contributed by atoms with Crippen LogP contribution >= 0.6 is 26.7 Å². The highest BCUT2D eigenvalue weighted by atomic mass is 32.2. The van der Waals surface area contributed by atoms with E-state index in [9.17, 15) is 21.6 Å². The SMILES string of the molecule is O=S(=O)(/N=C(\NP)NPP)C(F)(F)F. The van der Waals surface area contributed by atoms with Crippen molar-refractivity contribution in [3.8, 4) is 0 Å². The van der Waals surface area contributed by atoms with E-state index >= 15 is 0 Å². The first-order valence-electron chi connectivity index (χ1n) is 2.84. The summed E-state index contributed by atoms with van der Waals surface area (Å²) in [6.07, 6.45) is 0. The fourth-order valence-corrected chi connectivity index (χ4v) is 1.90. The first kappa shape index (κ1) is 14.3. The van der Waals surface area contributed by atoms with E-state index in [2.05, 4.69) is 23.5 Å². The lowest BCUT2D eigenvalue weighted by Gasteiger charge is -2.07. The first-order chi connectivity index (χ1) is 6.24. The van der Waals surface area contributed by atoms with E-state index in [-0.39, 0.29) is 8.42 Å². The maximum atomic E-state index is 11.8. The summed E-state index contributed by atoms with van der Waals surface area (Å²) < 4.78 is 58.9. The molecule has 0 aromatic rings. The summed E-state index contributed by atoms with van der Waals surface area (Å²) >= 11 is 0.